The van der Waals surface area contributed by atoms with Crippen LogP contribution in [-0.2, 0) is 20.8 Å². The van der Waals surface area contributed by atoms with Crippen LogP contribution in [0.5, 0.6) is 0 Å². The standard InChI is InChI=1S/C19H25NO8/c1-27-17(24)11-5-3-10(4-6-11)9-20-12(18(25)28-2)8-19(26)14(20)7-13(21)15(22)16(19)23/h3-6,12-16,21-23,26H,7-9H2,1-2H3/t12-,13+,14+,15-,16-,19-/m0/s1. The van der Waals surface area contributed by atoms with Gasteiger partial charge in [0.15, 0.2) is 0 Å². The van der Waals surface area contributed by atoms with Crippen molar-refractivity contribution in [2.24, 2.45) is 0 Å². The first kappa shape index (κ1) is 20.7. The van der Waals surface area contributed by atoms with Crippen LogP contribution in [0, 0.1) is 0 Å². The molecule has 3 rings (SSSR count). The van der Waals surface area contributed by atoms with Crippen LogP contribution in [0.3, 0.4) is 0 Å². The van der Waals surface area contributed by atoms with Crippen LogP contribution in [0.2, 0.25) is 0 Å². The van der Waals surface area contributed by atoms with Gasteiger partial charge in [0.25, 0.3) is 0 Å². The molecule has 9 heteroatoms. The van der Waals surface area contributed by atoms with Crippen molar-refractivity contribution in [3.8, 4) is 0 Å². The van der Waals surface area contributed by atoms with Gasteiger partial charge in [-0.2, -0.15) is 0 Å². The lowest BCUT2D eigenvalue weighted by molar-refractivity contribution is -0.197. The molecule has 2 fully saturated rings. The quantitative estimate of drug-likeness (QED) is 0.464. The SMILES string of the molecule is COC(=O)c1ccc(CN2[C@H](C(=O)OC)C[C@@]3(O)[C@@H](O)[C@@H](O)[C@H](O)C[C@@H]23)cc1. The smallest absolute Gasteiger partial charge is 0.337 e. The number of esters is 2. The number of methoxy groups -OCH3 is 2. The fourth-order valence-corrected chi connectivity index (χ4v) is 4.25. The minimum Gasteiger partial charge on any atom is -0.468 e. The number of carbonyl (C=O) groups excluding carboxylic acids is 2. The Morgan fingerprint density at radius 2 is 1.79 bits per heavy atom. The Balaban J connectivity index is 1.90. The third-order valence-corrected chi connectivity index (χ3v) is 5.81. The van der Waals surface area contributed by atoms with E-state index in [1.165, 1.54) is 14.2 Å². The molecule has 1 heterocycles. The number of rotatable bonds is 4. The number of aliphatic hydroxyl groups excluding tert-OH is 3. The lowest BCUT2D eigenvalue weighted by atomic mass is 9.75. The second-order valence-corrected chi connectivity index (χ2v) is 7.35. The number of aliphatic hydroxyl groups is 4. The van der Waals surface area contributed by atoms with Crippen LogP contribution in [0.25, 0.3) is 0 Å². The Hall–Kier alpha value is -2.04. The number of hydrogen-bond acceptors (Lipinski definition) is 9. The van der Waals surface area contributed by atoms with E-state index in [4.69, 9.17) is 4.74 Å². The summed E-state index contributed by atoms with van der Waals surface area (Å²) in [5.74, 6) is -1.05. The molecule has 0 bridgehead atoms. The molecule has 28 heavy (non-hydrogen) atoms. The fourth-order valence-electron chi connectivity index (χ4n) is 4.25. The number of likely N-dealkylation sites (tertiary alicyclic amines) is 1. The van der Waals surface area contributed by atoms with Crippen molar-refractivity contribution in [1.29, 1.82) is 0 Å². The minimum atomic E-state index is -1.76. The Labute approximate surface area is 162 Å². The molecule has 0 aromatic heterocycles. The van der Waals surface area contributed by atoms with E-state index in [0.29, 0.717) is 5.56 Å². The molecule has 1 aliphatic carbocycles. The van der Waals surface area contributed by atoms with Gasteiger partial charge in [0, 0.05) is 19.0 Å². The van der Waals surface area contributed by atoms with Gasteiger partial charge in [0.05, 0.1) is 25.9 Å². The van der Waals surface area contributed by atoms with Gasteiger partial charge in [-0.1, -0.05) is 12.1 Å². The summed E-state index contributed by atoms with van der Waals surface area (Å²) < 4.78 is 9.52. The van der Waals surface area contributed by atoms with Crippen molar-refractivity contribution in [3.63, 3.8) is 0 Å². The molecule has 4 N–H and O–H groups in total. The van der Waals surface area contributed by atoms with Gasteiger partial charge in [-0.05, 0) is 24.1 Å². The summed E-state index contributed by atoms with van der Waals surface area (Å²) in [4.78, 5) is 25.5. The summed E-state index contributed by atoms with van der Waals surface area (Å²) in [5, 5.41) is 41.5. The number of fused-ring (bicyclic) bond motifs is 1. The van der Waals surface area contributed by atoms with E-state index in [-0.39, 0.29) is 19.4 Å². The largest absolute Gasteiger partial charge is 0.468 e. The number of nitrogens with zero attached hydrogens (tertiary/aromatic N) is 1. The zero-order chi connectivity index (χ0) is 20.6. The summed E-state index contributed by atoms with van der Waals surface area (Å²) in [5.41, 5.74) is -0.634. The van der Waals surface area contributed by atoms with Crippen molar-refractivity contribution in [3.05, 3.63) is 35.4 Å². The van der Waals surface area contributed by atoms with Gasteiger partial charge in [-0.25, -0.2) is 4.79 Å². The van der Waals surface area contributed by atoms with E-state index in [0.717, 1.165) is 5.56 Å². The zero-order valence-corrected chi connectivity index (χ0v) is 15.7. The normalized spacial score (nSPS) is 35.3. The van der Waals surface area contributed by atoms with E-state index in [1.807, 2.05) is 0 Å². The molecule has 9 nitrogen and oxygen atoms in total. The first-order chi connectivity index (χ1) is 13.2. The maximum atomic E-state index is 12.3. The highest BCUT2D eigenvalue weighted by Gasteiger charge is 2.62. The number of hydrogen-bond donors (Lipinski definition) is 4. The highest BCUT2D eigenvalue weighted by molar-refractivity contribution is 5.89. The van der Waals surface area contributed by atoms with Gasteiger partial charge in [0.2, 0.25) is 0 Å². The van der Waals surface area contributed by atoms with Crippen molar-refractivity contribution < 1.29 is 39.5 Å². The molecule has 1 saturated heterocycles. The van der Waals surface area contributed by atoms with E-state index in [1.54, 1.807) is 29.2 Å². The van der Waals surface area contributed by atoms with Crippen LogP contribution in [-0.4, -0.2) is 87.5 Å². The molecule has 154 valence electrons. The third-order valence-electron chi connectivity index (χ3n) is 5.81. The van der Waals surface area contributed by atoms with Gasteiger partial charge in [-0.15, -0.1) is 0 Å². The average molecular weight is 395 g/mol. The summed E-state index contributed by atoms with van der Waals surface area (Å²) in [6.45, 7) is 0.212. The van der Waals surface area contributed by atoms with Gasteiger partial charge >= 0.3 is 11.9 Å². The molecule has 0 radical (unpaired) electrons. The van der Waals surface area contributed by atoms with E-state index >= 15 is 0 Å². The zero-order valence-electron chi connectivity index (χ0n) is 15.7. The summed E-state index contributed by atoms with van der Waals surface area (Å²) >= 11 is 0. The van der Waals surface area contributed by atoms with Gasteiger partial charge < -0.3 is 29.9 Å². The van der Waals surface area contributed by atoms with E-state index in [9.17, 15) is 30.0 Å². The predicted octanol–water partition coefficient (Wildman–Crippen LogP) is -1.19. The number of ether oxygens (including phenoxy) is 2. The van der Waals surface area contributed by atoms with Crippen molar-refractivity contribution in [2.75, 3.05) is 14.2 Å². The predicted molar refractivity (Wildman–Crippen MR) is 95.1 cm³/mol. The Morgan fingerprint density at radius 1 is 1.14 bits per heavy atom. The number of carbonyl (C=O) groups is 2. The fraction of sp³-hybridized carbons (Fsp3) is 0.579. The molecule has 0 unspecified atom stereocenters. The minimum absolute atomic E-state index is 0.0114. The molecule has 1 aromatic carbocycles. The van der Waals surface area contributed by atoms with Crippen molar-refractivity contribution >= 4 is 11.9 Å². The summed E-state index contributed by atoms with van der Waals surface area (Å²) in [7, 11) is 2.52. The average Bonchev–Trinajstić information content (AvgIpc) is 2.99. The summed E-state index contributed by atoms with van der Waals surface area (Å²) in [6, 6.07) is 4.96. The summed E-state index contributed by atoms with van der Waals surface area (Å²) in [6.07, 6.45) is -4.47. The van der Waals surface area contributed by atoms with Crippen LogP contribution in [0.15, 0.2) is 24.3 Å². The van der Waals surface area contributed by atoms with E-state index in [2.05, 4.69) is 4.74 Å². The van der Waals surface area contributed by atoms with Gasteiger partial charge in [0.1, 0.15) is 23.9 Å². The molecule has 2 aliphatic rings. The monoisotopic (exact) mass is 395 g/mol. The highest BCUT2D eigenvalue weighted by Crippen LogP contribution is 2.44. The lowest BCUT2D eigenvalue weighted by Crippen LogP contribution is -2.64. The molecule has 1 aliphatic heterocycles. The molecule has 1 saturated carbocycles. The van der Waals surface area contributed by atoms with Crippen LogP contribution < -0.4 is 0 Å². The Morgan fingerprint density at radius 3 is 2.36 bits per heavy atom. The van der Waals surface area contributed by atoms with Crippen LogP contribution in [0.1, 0.15) is 28.8 Å². The topological polar surface area (TPSA) is 137 Å². The molecule has 6 atom stereocenters. The second-order valence-electron chi connectivity index (χ2n) is 7.35. The van der Waals surface area contributed by atoms with Crippen LogP contribution in [0.4, 0.5) is 0 Å². The molecular formula is C19H25NO8. The van der Waals surface area contributed by atoms with E-state index < -0.39 is 47.9 Å². The number of benzene rings is 1. The molecule has 0 spiro atoms. The second kappa shape index (κ2) is 7.76. The highest BCUT2D eigenvalue weighted by atomic mass is 16.5. The molecule has 1 aromatic rings. The Kier molecular flexibility index (Phi) is 5.74. The molecular weight excluding hydrogens is 370 g/mol. The van der Waals surface area contributed by atoms with Crippen LogP contribution >= 0.6 is 0 Å². The molecule has 0 amide bonds. The first-order valence-electron chi connectivity index (χ1n) is 9.00. The maximum absolute atomic E-state index is 12.3. The van der Waals surface area contributed by atoms with Crippen molar-refractivity contribution in [1.82, 2.24) is 4.90 Å². The van der Waals surface area contributed by atoms with Gasteiger partial charge in [-0.3, -0.25) is 9.69 Å². The lowest BCUT2D eigenvalue weighted by Gasteiger charge is -2.45. The van der Waals surface area contributed by atoms with Crippen molar-refractivity contribution in [2.45, 2.75) is 55.4 Å². The Bertz CT molecular complexity index is 738. The first-order valence-corrected chi connectivity index (χ1v) is 9.00. The third kappa shape index (κ3) is 3.40. The maximum Gasteiger partial charge on any atom is 0.337 e.